The Morgan fingerprint density at radius 1 is 1.10 bits per heavy atom. The SMILES string of the molecule is Cc1ccc(S(=O)(=O)Nc2ccccc2C(=O)Nc2sc3c(c2C#N)CCC3)cc1. The zero-order chi connectivity index (χ0) is 21.3. The van der Waals surface area contributed by atoms with Gasteiger partial charge < -0.3 is 5.32 Å². The summed E-state index contributed by atoms with van der Waals surface area (Å²) in [6.45, 7) is 1.87. The van der Waals surface area contributed by atoms with Gasteiger partial charge in [-0.1, -0.05) is 29.8 Å². The molecule has 2 N–H and O–H groups in total. The maximum Gasteiger partial charge on any atom is 0.261 e. The Kier molecular flexibility index (Phi) is 5.33. The fourth-order valence-corrected chi connectivity index (χ4v) is 5.79. The van der Waals surface area contributed by atoms with E-state index in [-0.39, 0.29) is 16.1 Å². The fourth-order valence-electron chi connectivity index (χ4n) is 3.47. The highest BCUT2D eigenvalue weighted by Gasteiger charge is 2.24. The number of sulfonamides is 1. The number of carbonyl (C=O) groups is 1. The van der Waals surface area contributed by atoms with Crippen molar-refractivity contribution in [2.75, 3.05) is 10.0 Å². The number of hydrogen-bond acceptors (Lipinski definition) is 5. The summed E-state index contributed by atoms with van der Waals surface area (Å²) in [5.74, 6) is -0.464. The molecule has 0 bridgehead atoms. The van der Waals surface area contributed by atoms with E-state index in [9.17, 15) is 18.5 Å². The van der Waals surface area contributed by atoms with Crippen LogP contribution in [0, 0.1) is 18.3 Å². The molecule has 0 atom stereocenters. The molecule has 0 saturated carbocycles. The van der Waals surface area contributed by atoms with Crippen LogP contribution < -0.4 is 10.0 Å². The van der Waals surface area contributed by atoms with Crippen LogP contribution in [0.25, 0.3) is 0 Å². The maximum atomic E-state index is 12.9. The summed E-state index contributed by atoms with van der Waals surface area (Å²) in [5, 5.41) is 12.8. The van der Waals surface area contributed by atoms with Gasteiger partial charge in [-0.3, -0.25) is 9.52 Å². The Morgan fingerprint density at radius 2 is 1.83 bits per heavy atom. The summed E-state index contributed by atoms with van der Waals surface area (Å²) in [4.78, 5) is 14.2. The molecule has 0 fully saturated rings. The molecule has 1 aliphatic rings. The molecule has 8 heteroatoms. The van der Waals surface area contributed by atoms with Crippen molar-refractivity contribution in [2.45, 2.75) is 31.1 Å². The topological polar surface area (TPSA) is 99.1 Å². The highest BCUT2D eigenvalue weighted by molar-refractivity contribution is 7.92. The van der Waals surface area contributed by atoms with E-state index in [4.69, 9.17) is 0 Å². The van der Waals surface area contributed by atoms with Gasteiger partial charge in [0.1, 0.15) is 11.1 Å². The van der Waals surface area contributed by atoms with Crippen molar-refractivity contribution in [3.8, 4) is 6.07 Å². The summed E-state index contributed by atoms with van der Waals surface area (Å²) in [7, 11) is -3.85. The summed E-state index contributed by atoms with van der Waals surface area (Å²) in [6, 6.07) is 15.1. The van der Waals surface area contributed by atoms with Crippen molar-refractivity contribution in [1.82, 2.24) is 0 Å². The number of anilines is 2. The predicted octanol–water partition coefficient (Wildman–Crippen LogP) is 4.47. The Balaban J connectivity index is 1.62. The first-order valence-corrected chi connectivity index (χ1v) is 11.7. The fraction of sp³-hybridized carbons (Fsp3) is 0.182. The zero-order valence-corrected chi connectivity index (χ0v) is 17.9. The van der Waals surface area contributed by atoms with E-state index in [1.807, 2.05) is 6.92 Å². The van der Waals surface area contributed by atoms with Gasteiger partial charge >= 0.3 is 0 Å². The molecule has 4 rings (SSSR count). The number of nitrogens with one attached hydrogen (secondary N) is 2. The first-order valence-electron chi connectivity index (χ1n) is 9.43. The summed E-state index contributed by atoms with van der Waals surface area (Å²) >= 11 is 1.42. The standard InChI is InChI=1S/C22H19N3O3S2/c1-14-9-11-15(12-10-14)30(27,28)25-19-7-3-2-5-17(19)21(26)24-22-18(13-23)16-6-4-8-20(16)29-22/h2-3,5,7,9-12,25H,4,6,8H2,1H3,(H,24,26). The second kappa shape index (κ2) is 7.94. The van der Waals surface area contributed by atoms with Gasteiger partial charge in [-0.05, 0) is 56.0 Å². The van der Waals surface area contributed by atoms with Crippen molar-refractivity contribution in [1.29, 1.82) is 5.26 Å². The summed E-state index contributed by atoms with van der Waals surface area (Å²) in [5.41, 5.74) is 2.85. The molecule has 152 valence electrons. The second-order valence-electron chi connectivity index (χ2n) is 7.09. The molecular formula is C22H19N3O3S2. The first kappa shape index (κ1) is 20.1. The van der Waals surface area contributed by atoms with Gasteiger partial charge in [0.15, 0.2) is 0 Å². The molecule has 0 spiro atoms. The third kappa shape index (κ3) is 3.82. The average Bonchev–Trinajstić information content (AvgIpc) is 3.29. The molecule has 6 nitrogen and oxygen atoms in total. The van der Waals surface area contributed by atoms with Gasteiger partial charge in [0, 0.05) is 4.88 Å². The lowest BCUT2D eigenvalue weighted by molar-refractivity contribution is 0.102. The number of para-hydroxylation sites is 1. The Labute approximate surface area is 179 Å². The van der Waals surface area contributed by atoms with E-state index in [2.05, 4.69) is 16.1 Å². The third-order valence-corrected chi connectivity index (χ3v) is 7.60. The van der Waals surface area contributed by atoms with Crippen LogP contribution in [0.4, 0.5) is 10.7 Å². The molecule has 1 heterocycles. The number of amides is 1. The van der Waals surface area contributed by atoms with Gasteiger partial charge in [0.2, 0.25) is 0 Å². The van der Waals surface area contributed by atoms with Gasteiger partial charge in [-0.2, -0.15) is 5.26 Å². The lowest BCUT2D eigenvalue weighted by atomic mass is 10.1. The molecule has 3 aromatic rings. The molecule has 0 radical (unpaired) electrons. The number of thiophene rings is 1. The van der Waals surface area contributed by atoms with Gasteiger partial charge in [-0.15, -0.1) is 11.3 Å². The van der Waals surface area contributed by atoms with Crippen molar-refractivity contribution >= 4 is 38.0 Å². The molecule has 30 heavy (non-hydrogen) atoms. The first-order chi connectivity index (χ1) is 14.4. The average molecular weight is 438 g/mol. The Bertz CT molecular complexity index is 1270. The monoisotopic (exact) mass is 437 g/mol. The zero-order valence-electron chi connectivity index (χ0n) is 16.2. The van der Waals surface area contributed by atoms with Crippen LogP contribution in [-0.4, -0.2) is 14.3 Å². The van der Waals surface area contributed by atoms with Gasteiger partial charge in [0.25, 0.3) is 15.9 Å². The highest BCUT2D eigenvalue weighted by atomic mass is 32.2. The molecule has 0 aliphatic heterocycles. The number of fused-ring (bicyclic) bond motifs is 1. The minimum Gasteiger partial charge on any atom is -0.312 e. The van der Waals surface area contributed by atoms with Gasteiger partial charge in [0.05, 0.1) is 21.7 Å². The van der Waals surface area contributed by atoms with Crippen LogP contribution in [0.1, 0.15) is 38.3 Å². The van der Waals surface area contributed by atoms with Gasteiger partial charge in [-0.25, -0.2) is 8.42 Å². The normalized spacial score (nSPS) is 12.8. The van der Waals surface area contributed by atoms with Crippen LogP contribution >= 0.6 is 11.3 Å². The molecular weight excluding hydrogens is 418 g/mol. The van der Waals surface area contributed by atoms with E-state index in [1.165, 1.54) is 23.5 Å². The summed E-state index contributed by atoms with van der Waals surface area (Å²) < 4.78 is 28.0. The number of aryl methyl sites for hydroxylation is 2. The van der Waals surface area contributed by atoms with E-state index in [1.54, 1.807) is 36.4 Å². The third-order valence-electron chi connectivity index (χ3n) is 5.01. The molecule has 0 unspecified atom stereocenters. The molecule has 0 saturated heterocycles. The maximum absolute atomic E-state index is 12.9. The lowest BCUT2D eigenvalue weighted by Crippen LogP contribution is -2.18. The smallest absolute Gasteiger partial charge is 0.261 e. The Morgan fingerprint density at radius 3 is 2.57 bits per heavy atom. The molecule has 1 amide bonds. The second-order valence-corrected chi connectivity index (χ2v) is 9.88. The van der Waals surface area contributed by atoms with Crippen molar-refractivity contribution in [3.05, 3.63) is 75.7 Å². The largest absolute Gasteiger partial charge is 0.312 e. The lowest BCUT2D eigenvalue weighted by Gasteiger charge is -2.13. The quantitative estimate of drug-likeness (QED) is 0.615. The van der Waals surface area contributed by atoms with Crippen molar-refractivity contribution < 1.29 is 13.2 Å². The van der Waals surface area contributed by atoms with E-state index < -0.39 is 15.9 Å². The van der Waals surface area contributed by atoms with E-state index >= 15 is 0 Å². The Hall–Kier alpha value is -3.15. The highest BCUT2D eigenvalue weighted by Crippen LogP contribution is 2.39. The van der Waals surface area contributed by atoms with Crippen LogP contribution in [0.5, 0.6) is 0 Å². The number of nitrogens with zero attached hydrogens (tertiary/aromatic N) is 1. The van der Waals surface area contributed by atoms with Crippen LogP contribution in [0.15, 0.2) is 53.4 Å². The van der Waals surface area contributed by atoms with E-state index in [0.29, 0.717) is 10.6 Å². The van der Waals surface area contributed by atoms with Crippen molar-refractivity contribution in [3.63, 3.8) is 0 Å². The molecule has 2 aromatic carbocycles. The minimum absolute atomic E-state index is 0.116. The van der Waals surface area contributed by atoms with Crippen LogP contribution in [0.2, 0.25) is 0 Å². The van der Waals surface area contributed by atoms with Crippen molar-refractivity contribution in [2.24, 2.45) is 0 Å². The number of hydrogen-bond donors (Lipinski definition) is 2. The number of nitriles is 1. The number of benzene rings is 2. The summed E-state index contributed by atoms with van der Waals surface area (Å²) in [6.07, 6.45) is 2.78. The number of carbonyl (C=O) groups excluding carboxylic acids is 1. The predicted molar refractivity (Wildman–Crippen MR) is 117 cm³/mol. The number of rotatable bonds is 5. The van der Waals surface area contributed by atoms with Crippen LogP contribution in [-0.2, 0) is 22.9 Å². The minimum atomic E-state index is -3.85. The van der Waals surface area contributed by atoms with Crippen LogP contribution in [0.3, 0.4) is 0 Å². The molecule has 1 aliphatic carbocycles. The van der Waals surface area contributed by atoms with E-state index in [0.717, 1.165) is 35.3 Å². The molecule has 1 aromatic heterocycles.